The molecule has 0 saturated carbocycles. The van der Waals surface area contributed by atoms with Crippen LogP contribution in [0.4, 0.5) is 13.2 Å². The van der Waals surface area contributed by atoms with Crippen LogP contribution >= 0.6 is 0 Å². The number of hydrogen-bond acceptors (Lipinski definition) is 3. The zero-order chi connectivity index (χ0) is 13.4. The van der Waals surface area contributed by atoms with Gasteiger partial charge in [-0.2, -0.15) is 13.2 Å². The second kappa shape index (κ2) is 4.45. The smallest absolute Gasteiger partial charge is 0.379 e. The van der Waals surface area contributed by atoms with E-state index in [-0.39, 0.29) is 12.5 Å². The number of amides is 1. The van der Waals surface area contributed by atoms with E-state index in [9.17, 15) is 23.1 Å². The number of nitrogens with two attached hydrogens (primary N) is 1. The van der Waals surface area contributed by atoms with Crippen LogP contribution in [0.5, 0.6) is 0 Å². The number of halogens is 3. The highest BCUT2D eigenvalue weighted by atomic mass is 19.4. The molecule has 1 aliphatic heterocycles. The number of likely N-dealkylation sites (tertiary alicyclic amines) is 1. The molecular weight excluding hydrogens is 237 g/mol. The zero-order valence-electron chi connectivity index (χ0n) is 9.79. The van der Waals surface area contributed by atoms with Crippen molar-refractivity contribution >= 4 is 5.91 Å². The van der Waals surface area contributed by atoms with Gasteiger partial charge in [0.15, 0.2) is 5.60 Å². The molecule has 0 aromatic heterocycles. The van der Waals surface area contributed by atoms with Crippen LogP contribution in [0, 0.1) is 5.92 Å². The zero-order valence-corrected chi connectivity index (χ0v) is 9.79. The van der Waals surface area contributed by atoms with Crippen molar-refractivity contribution in [1.29, 1.82) is 0 Å². The maximum absolute atomic E-state index is 12.5. The lowest BCUT2D eigenvalue weighted by Gasteiger charge is -2.27. The van der Waals surface area contributed by atoms with E-state index in [1.54, 1.807) is 13.8 Å². The number of carbonyl (C=O) groups is 1. The Balaban J connectivity index is 2.71. The average molecular weight is 254 g/mol. The Morgan fingerprint density at radius 2 is 2.00 bits per heavy atom. The predicted octanol–water partition coefficient (Wildman–Crippen LogP) is 0.495. The highest BCUT2D eigenvalue weighted by Crippen LogP contribution is 2.37. The SMILES string of the molecule is CC(C)[C@H](N)C(=O)N1CC[C@@](O)(C(F)(F)F)C1. The molecule has 1 fully saturated rings. The van der Waals surface area contributed by atoms with Crippen LogP contribution in [0.25, 0.3) is 0 Å². The van der Waals surface area contributed by atoms with E-state index in [0.29, 0.717) is 0 Å². The molecule has 17 heavy (non-hydrogen) atoms. The number of nitrogens with zero attached hydrogens (tertiary/aromatic N) is 1. The van der Waals surface area contributed by atoms with Gasteiger partial charge < -0.3 is 15.7 Å². The van der Waals surface area contributed by atoms with Crippen LogP contribution in [0.15, 0.2) is 0 Å². The van der Waals surface area contributed by atoms with Crippen molar-refractivity contribution in [2.45, 2.75) is 38.1 Å². The predicted molar refractivity (Wildman–Crippen MR) is 55.0 cm³/mol. The molecule has 0 spiro atoms. The summed E-state index contributed by atoms with van der Waals surface area (Å²) in [5.74, 6) is -0.692. The topological polar surface area (TPSA) is 66.6 Å². The largest absolute Gasteiger partial charge is 0.419 e. The van der Waals surface area contributed by atoms with Gasteiger partial charge in [0.2, 0.25) is 5.91 Å². The van der Waals surface area contributed by atoms with Gasteiger partial charge in [0.05, 0.1) is 12.6 Å². The number of carbonyl (C=O) groups excluding carboxylic acids is 1. The minimum atomic E-state index is -4.72. The number of rotatable bonds is 2. The Bertz CT molecular complexity index is 306. The first-order chi connectivity index (χ1) is 7.58. The van der Waals surface area contributed by atoms with Gasteiger partial charge in [-0.3, -0.25) is 4.79 Å². The molecule has 1 amide bonds. The van der Waals surface area contributed by atoms with E-state index in [0.717, 1.165) is 4.90 Å². The lowest BCUT2D eigenvalue weighted by molar-refractivity contribution is -0.253. The van der Waals surface area contributed by atoms with Gasteiger partial charge in [-0.05, 0) is 5.92 Å². The first-order valence-corrected chi connectivity index (χ1v) is 5.42. The first kappa shape index (κ1) is 14.2. The lowest BCUT2D eigenvalue weighted by atomic mass is 10.0. The molecular formula is C10H17F3N2O2. The monoisotopic (exact) mass is 254 g/mol. The van der Waals surface area contributed by atoms with Gasteiger partial charge in [0.1, 0.15) is 0 Å². The summed E-state index contributed by atoms with van der Waals surface area (Å²) in [7, 11) is 0. The summed E-state index contributed by atoms with van der Waals surface area (Å²) >= 11 is 0. The van der Waals surface area contributed by atoms with Crippen molar-refractivity contribution in [1.82, 2.24) is 4.90 Å². The average Bonchev–Trinajstić information content (AvgIpc) is 2.59. The van der Waals surface area contributed by atoms with Crippen molar-refractivity contribution in [2.24, 2.45) is 11.7 Å². The maximum Gasteiger partial charge on any atom is 0.419 e. The summed E-state index contributed by atoms with van der Waals surface area (Å²) < 4.78 is 37.6. The molecule has 0 bridgehead atoms. The first-order valence-electron chi connectivity index (χ1n) is 5.42. The van der Waals surface area contributed by atoms with E-state index >= 15 is 0 Å². The summed E-state index contributed by atoms with van der Waals surface area (Å²) in [4.78, 5) is 12.7. The van der Waals surface area contributed by atoms with Crippen LogP contribution < -0.4 is 5.73 Å². The number of hydrogen-bond donors (Lipinski definition) is 2. The highest BCUT2D eigenvalue weighted by Gasteiger charge is 2.58. The Hall–Kier alpha value is -0.820. The fourth-order valence-electron chi connectivity index (χ4n) is 1.71. The van der Waals surface area contributed by atoms with Crippen molar-refractivity contribution in [3.05, 3.63) is 0 Å². The van der Waals surface area contributed by atoms with Gasteiger partial charge in [-0.1, -0.05) is 13.8 Å². The molecule has 0 unspecified atom stereocenters. The molecule has 0 radical (unpaired) electrons. The van der Waals surface area contributed by atoms with Crippen LogP contribution in [0.1, 0.15) is 20.3 Å². The van der Waals surface area contributed by atoms with Gasteiger partial charge in [0.25, 0.3) is 0 Å². The second-order valence-corrected chi connectivity index (χ2v) is 4.81. The summed E-state index contributed by atoms with van der Waals surface area (Å²) in [5.41, 5.74) is 2.79. The third-order valence-electron chi connectivity index (χ3n) is 3.09. The minimum Gasteiger partial charge on any atom is -0.379 e. The van der Waals surface area contributed by atoms with Crippen LogP contribution in [0.2, 0.25) is 0 Å². The Morgan fingerprint density at radius 1 is 1.47 bits per heavy atom. The third-order valence-corrected chi connectivity index (χ3v) is 3.09. The second-order valence-electron chi connectivity index (χ2n) is 4.81. The molecule has 0 aromatic carbocycles. The molecule has 7 heteroatoms. The van der Waals surface area contributed by atoms with Crippen molar-refractivity contribution < 1.29 is 23.1 Å². The van der Waals surface area contributed by atoms with Crippen LogP contribution in [0.3, 0.4) is 0 Å². The number of aliphatic hydroxyl groups is 1. The molecule has 2 atom stereocenters. The molecule has 1 rings (SSSR count). The Labute approximate surface area is 97.6 Å². The fraction of sp³-hybridized carbons (Fsp3) is 0.900. The minimum absolute atomic E-state index is 0.116. The van der Waals surface area contributed by atoms with E-state index in [4.69, 9.17) is 5.73 Å². The van der Waals surface area contributed by atoms with Gasteiger partial charge in [-0.25, -0.2) is 0 Å². The van der Waals surface area contributed by atoms with Crippen LogP contribution in [-0.2, 0) is 4.79 Å². The summed E-state index contributed by atoms with van der Waals surface area (Å²) in [6.45, 7) is 2.59. The van der Waals surface area contributed by atoms with E-state index in [1.807, 2.05) is 0 Å². The summed E-state index contributed by atoms with van der Waals surface area (Å²) in [6, 6.07) is -0.828. The van der Waals surface area contributed by atoms with E-state index < -0.39 is 36.7 Å². The third kappa shape index (κ3) is 2.71. The highest BCUT2D eigenvalue weighted by molar-refractivity contribution is 5.82. The molecule has 1 heterocycles. The summed E-state index contributed by atoms with van der Waals surface area (Å²) in [6.07, 6.45) is -5.21. The molecule has 100 valence electrons. The fourth-order valence-corrected chi connectivity index (χ4v) is 1.71. The van der Waals surface area contributed by atoms with Crippen molar-refractivity contribution in [3.8, 4) is 0 Å². The Kier molecular flexibility index (Phi) is 3.73. The maximum atomic E-state index is 12.5. The van der Waals surface area contributed by atoms with Crippen molar-refractivity contribution in [3.63, 3.8) is 0 Å². The molecule has 1 saturated heterocycles. The Morgan fingerprint density at radius 3 is 2.35 bits per heavy atom. The number of alkyl halides is 3. The molecule has 0 aliphatic carbocycles. The molecule has 0 aromatic rings. The van der Waals surface area contributed by atoms with E-state index in [2.05, 4.69) is 0 Å². The quantitative estimate of drug-likeness (QED) is 0.754. The normalized spacial score (nSPS) is 27.6. The lowest BCUT2D eigenvalue weighted by Crippen LogP contribution is -2.51. The molecule has 1 aliphatic rings. The standard InChI is InChI=1S/C10H17F3N2O2/c1-6(2)7(14)8(16)15-4-3-9(17,5-15)10(11,12)13/h6-7,17H,3-5,14H2,1-2H3/t7-,9-/m0/s1. The van der Waals surface area contributed by atoms with E-state index in [1.165, 1.54) is 0 Å². The van der Waals surface area contributed by atoms with Gasteiger partial charge >= 0.3 is 6.18 Å². The van der Waals surface area contributed by atoms with Gasteiger partial charge in [-0.15, -0.1) is 0 Å². The number of β-amino-alcohol motifs (C(OH)–C–C–N with tert-alkyl or cyclic N) is 1. The summed E-state index contributed by atoms with van der Waals surface area (Å²) in [5, 5.41) is 9.41. The van der Waals surface area contributed by atoms with Crippen molar-refractivity contribution in [2.75, 3.05) is 13.1 Å². The molecule has 3 N–H and O–H groups in total. The molecule has 4 nitrogen and oxygen atoms in total. The van der Waals surface area contributed by atoms with Gasteiger partial charge in [0, 0.05) is 13.0 Å². The van der Waals surface area contributed by atoms with Crippen LogP contribution in [-0.4, -0.2) is 46.8 Å².